The van der Waals surface area contributed by atoms with Crippen LogP contribution in [-0.4, -0.2) is 18.7 Å². The smallest absolute Gasteiger partial charge is 0.242 e. The van der Waals surface area contributed by atoms with Crippen molar-refractivity contribution in [2.45, 2.75) is 6.42 Å². The van der Waals surface area contributed by atoms with Crippen LogP contribution in [0.4, 0.5) is 0 Å². The zero-order chi connectivity index (χ0) is 42.9. The van der Waals surface area contributed by atoms with E-state index in [0.717, 1.165) is 71.8 Å². The first-order valence-corrected chi connectivity index (χ1v) is 20.4. The Morgan fingerprint density at radius 3 is 1.68 bits per heavy atom. The van der Waals surface area contributed by atoms with E-state index in [1.807, 2.05) is 42.6 Å². The fourth-order valence-electron chi connectivity index (χ4n) is 9.23. The van der Waals surface area contributed by atoms with Crippen molar-refractivity contribution in [3.05, 3.63) is 224 Å². The molecule has 298 valence electrons. The first-order valence-electron chi connectivity index (χ1n) is 21.9. The van der Waals surface area contributed by atoms with Crippen LogP contribution in [0.1, 0.15) is 15.2 Å². The molecule has 0 unspecified atom stereocenters. The molecule has 12 aromatic rings. The van der Waals surface area contributed by atoms with E-state index in [0.29, 0.717) is 17.6 Å². The van der Waals surface area contributed by atoms with Gasteiger partial charge in [-0.1, -0.05) is 139 Å². The minimum absolute atomic E-state index is 0. The normalized spacial score (nSPS) is 12.5. The van der Waals surface area contributed by atoms with Gasteiger partial charge in [-0.05, 0) is 57.6 Å². The summed E-state index contributed by atoms with van der Waals surface area (Å²) in [7, 11) is 0. The molecule has 0 aliphatic heterocycles. The number of hydrogen-bond acceptors (Lipinski definition) is 1. The Morgan fingerprint density at radius 1 is 0.500 bits per heavy atom. The van der Waals surface area contributed by atoms with E-state index in [4.69, 9.17) is 9.10 Å². The zero-order valence-corrected chi connectivity index (χ0v) is 35.5. The Labute approximate surface area is 377 Å². The third-order valence-electron chi connectivity index (χ3n) is 11.9. The number of rotatable bonds is 5. The molecular formula is C56H37N5Pt-2. The van der Waals surface area contributed by atoms with Gasteiger partial charge < -0.3 is 18.3 Å². The third-order valence-corrected chi connectivity index (χ3v) is 11.9. The fraction of sp³-hybridized carbons (Fsp3) is 0.0357. The first kappa shape index (κ1) is 34.4. The van der Waals surface area contributed by atoms with Gasteiger partial charge in [-0.25, -0.2) is 4.98 Å². The molecule has 4 heterocycles. The number of aromatic nitrogens is 5. The molecule has 0 atom stereocenters. The summed E-state index contributed by atoms with van der Waals surface area (Å²) in [5.74, 6) is 0.777. The summed E-state index contributed by atoms with van der Waals surface area (Å²) >= 11 is 0. The second-order valence-electron chi connectivity index (χ2n) is 15.4. The molecule has 62 heavy (non-hydrogen) atoms. The zero-order valence-electron chi connectivity index (χ0n) is 36.2. The van der Waals surface area contributed by atoms with E-state index in [9.17, 15) is 0 Å². The van der Waals surface area contributed by atoms with Gasteiger partial charge in [-0.2, -0.15) is 53.6 Å². The average molecular weight is 978 g/mol. The predicted molar refractivity (Wildman–Crippen MR) is 249 cm³/mol. The average Bonchev–Trinajstić information content (AvgIpc) is 3.90. The Hall–Kier alpha value is -7.33. The molecule has 6 heteroatoms. The molecule has 0 amide bonds. The second-order valence-corrected chi connectivity index (χ2v) is 15.4. The van der Waals surface area contributed by atoms with Crippen LogP contribution in [0.5, 0.6) is 0 Å². The van der Waals surface area contributed by atoms with E-state index in [-0.39, 0.29) is 21.1 Å². The molecule has 0 aliphatic carbocycles. The van der Waals surface area contributed by atoms with Crippen molar-refractivity contribution in [1.82, 2.24) is 18.7 Å². The topological polar surface area (TPSA) is 31.6 Å². The minimum Gasteiger partial charge on any atom is -0.342 e. The minimum atomic E-state index is -2.38. The van der Waals surface area contributed by atoms with Gasteiger partial charge in [0.1, 0.15) is 5.82 Å². The quantitative estimate of drug-likeness (QED) is 0.125. The standard InChI is InChI=1S/C56H37N5.Pt/c1-58-37-59(54-28-13-12-27-53(54)58)40-16-14-15-38(34-40)33-39-29-30-49-48-23-8-11-26-52(48)61(55(49)35-39)56-36-41(31-32-57-56)60-50-24-9-6-21-46(50)44-19-4-2-17-42(44)43-18-3-5-20-45(43)47-22-7-10-25-51(47)60;/h2-32,36H,33H2,1H3;/q-2;/i1D3;. The molecule has 4 aromatic heterocycles. The van der Waals surface area contributed by atoms with Gasteiger partial charge in [-0.3, -0.25) is 0 Å². The van der Waals surface area contributed by atoms with E-state index in [1.165, 1.54) is 26.1 Å². The first-order chi connectivity index (χ1) is 31.4. The largest absolute Gasteiger partial charge is 0.342 e. The summed E-state index contributed by atoms with van der Waals surface area (Å²) in [6, 6.07) is 72.7. The number of fused-ring (bicyclic) bond motifs is 11. The predicted octanol–water partition coefficient (Wildman–Crippen LogP) is 12.5. The number of benzene rings is 8. The van der Waals surface area contributed by atoms with E-state index < -0.39 is 6.98 Å². The van der Waals surface area contributed by atoms with Crippen LogP contribution >= 0.6 is 0 Å². The Kier molecular flexibility index (Phi) is 8.48. The number of imidazole rings is 1. The van der Waals surface area contributed by atoms with Gasteiger partial charge >= 0.3 is 0 Å². The van der Waals surface area contributed by atoms with Gasteiger partial charge in [0.15, 0.2) is 0 Å². The molecule has 0 radical (unpaired) electrons. The van der Waals surface area contributed by atoms with Gasteiger partial charge in [0.25, 0.3) is 0 Å². The van der Waals surface area contributed by atoms with Gasteiger partial charge in [0.05, 0.1) is 38.8 Å². The summed E-state index contributed by atoms with van der Waals surface area (Å²) in [4.78, 5) is 5.09. The molecule has 0 saturated heterocycles. The molecule has 0 bridgehead atoms. The maximum Gasteiger partial charge on any atom is 0.242 e. The second kappa shape index (κ2) is 15.3. The van der Waals surface area contributed by atoms with Crippen LogP contribution in [-0.2, 0) is 34.5 Å². The van der Waals surface area contributed by atoms with Crippen molar-refractivity contribution in [2.75, 3.05) is 0 Å². The van der Waals surface area contributed by atoms with Gasteiger partial charge in [0, 0.05) is 49.6 Å². The maximum absolute atomic E-state index is 8.13. The number of hydrogen-bond donors (Lipinski definition) is 0. The van der Waals surface area contributed by atoms with E-state index >= 15 is 0 Å². The third kappa shape index (κ3) is 6.11. The van der Waals surface area contributed by atoms with E-state index in [2.05, 4.69) is 173 Å². The summed E-state index contributed by atoms with van der Waals surface area (Å²) in [6.07, 6.45) is 5.54. The van der Waals surface area contributed by atoms with Crippen LogP contribution in [0, 0.1) is 18.5 Å². The maximum atomic E-state index is 8.13. The Bertz CT molecular complexity index is 3790. The van der Waals surface area contributed by atoms with Crippen LogP contribution in [0.25, 0.3) is 93.4 Å². The summed E-state index contributed by atoms with van der Waals surface area (Å²) in [6.45, 7) is -2.38. The monoisotopic (exact) mass is 977 g/mol. The van der Waals surface area contributed by atoms with Crippen molar-refractivity contribution in [3.8, 4) is 17.2 Å². The molecule has 12 rings (SSSR count). The van der Waals surface area contributed by atoms with Gasteiger partial charge in [0.2, 0.25) is 6.33 Å². The Morgan fingerprint density at radius 2 is 1.03 bits per heavy atom. The summed E-state index contributed by atoms with van der Waals surface area (Å²) in [5, 5.41) is 9.20. The summed E-state index contributed by atoms with van der Waals surface area (Å²) < 4.78 is 32.0. The van der Waals surface area contributed by atoms with Gasteiger partial charge in [-0.15, -0.1) is 5.39 Å². The van der Waals surface area contributed by atoms with Crippen molar-refractivity contribution < 1.29 is 29.7 Å². The SMILES string of the molecule is [2H]C([2H])([2H])[n+]1[c-]n(-c2[c-]c(Cc3[c-]c4c(cc3)c3ccccc3n4-c3cc(-n4c5ccccc5c5ccccc5c5ccccc5c5ccccc54)ccn3)ccc2)c2ccccc21.[Pt]. The van der Waals surface area contributed by atoms with E-state index in [1.54, 1.807) is 10.6 Å². The molecule has 0 N–H and O–H groups in total. The van der Waals surface area contributed by atoms with Crippen LogP contribution in [0.15, 0.2) is 194 Å². The van der Waals surface area contributed by atoms with Crippen molar-refractivity contribution in [1.29, 1.82) is 0 Å². The molecule has 5 nitrogen and oxygen atoms in total. The van der Waals surface area contributed by atoms with Crippen molar-refractivity contribution >= 4 is 76.2 Å². The molecule has 0 spiro atoms. The summed E-state index contributed by atoms with van der Waals surface area (Å²) in [5.41, 5.74) is 9.04. The number of para-hydroxylation sites is 5. The van der Waals surface area contributed by atoms with Crippen molar-refractivity contribution in [3.63, 3.8) is 0 Å². The molecule has 0 aliphatic rings. The van der Waals surface area contributed by atoms with Crippen molar-refractivity contribution in [2.24, 2.45) is 6.98 Å². The fourth-order valence-corrected chi connectivity index (χ4v) is 9.23. The molecule has 0 saturated carbocycles. The van der Waals surface area contributed by atoms with Crippen LogP contribution < -0.4 is 4.57 Å². The molecule has 8 aromatic carbocycles. The number of nitrogens with zero attached hydrogens (tertiary/aromatic N) is 5. The van der Waals surface area contributed by atoms with Crippen LogP contribution in [0.2, 0.25) is 0 Å². The molecule has 0 fully saturated rings. The number of pyridine rings is 1. The molecular weight excluding hydrogens is 938 g/mol. The number of aryl methyl sites for hydroxylation is 1. The van der Waals surface area contributed by atoms with Crippen LogP contribution in [0.3, 0.4) is 0 Å². The Balaban J connectivity index is 0.00000469.